The van der Waals surface area contributed by atoms with Crippen molar-refractivity contribution in [3.05, 3.63) is 64.3 Å². The van der Waals surface area contributed by atoms with Gasteiger partial charge in [0.2, 0.25) is 0 Å². The summed E-state index contributed by atoms with van der Waals surface area (Å²) >= 11 is 5.86. The maximum atomic E-state index is 13.1. The van der Waals surface area contributed by atoms with Crippen molar-refractivity contribution in [2.75, 3.05) is 26.6 Å². The summed E-state index contributed by atoms with van der Waals surface area (Å²) in [5.74, 6) is -0.564. The van der Waals surface area contributed by atoms with Crippen LogP contribution in [0.2, 0.25) is 5.02 Å². The van der Waals surface area contributed by atoms with Gasteiger partial charge in [0, 0.05) is 22.3 Å². The molecule has 1 heterocycles. The third kappa shape index (κ3) is 5.40. The van der Waals surface area contributed by atoms with Crippen LogP contribution in [0.5, 0.6) is 11.5 Å². The fourth-order valence-electron chi connectivity index (χ4n) is 3.39. The zero-order valence-electron chi connectivity index (χ0n) is 18.2. The largest absolute Gasteiger partial charge is 0.497 e. The highest BCUT2D eigenvalue weighted by Crippen LogP contribution is 2.36. The second-order valence-corrected chi connectivity index (χ2v) is 9.39. The Morgan fingerprint density at radius 3 is 2.39 bits per heavy atom. The lowest BCUT2D eigenvalue weighted by Gasteiger charge is -2.30. The maximum absolute atomic E-state index is 13.1. The van der Waals surface area contributed by atoms with Gasteiger partial charge in [-0.05, 0) is 43.3 Å². The van der Waals surface area contributed by atoms with E-state index in [1.807, 2.05) is 0 Å². The van der Waals surface area contributed by atoms with Crippen LogP contribution in [0.4, 0.5) is 4.79 Å². The number of methoxy groups -OCH3 is 2. The summed E-state index contributed by atoms with van der Waals surface area (Å²) in [4.78, 5) is 25.4. The van der Waals surface area contributed by atoms with Crippen LogP contribution in [0, 0.1) is 0 Å². The van der Waals surface area contributed by atoms with Gasteiger partial charge in [-0.15, -0.1) is 0 Å². The molecule has 1 aliphatic heterocycles. The van der Waals surface area contributed by atoms with Crippen LogP contribution < -0.4 is 20.1 Å². The van der Waals surface area contributed by atoms with Gasteiger partial charge in [0.1, 0.15) is 11.5 Å². The van der Waals surface area contributed by atoms with Gasteiger partial charge in [-0.2, -0.15) is 0 Å². The Kier molecular flexibility index (Phi) is 7.50. The van der Waals surface area contributed by atoms with Crippen molar-refractivity contribution >= 4 is 33.4 Å². The quantitative estimate of drug-likeness (QED) is 0.541. The first-order chi connectivity index (χ1) is 15.7. The minimum Gasteiger partial charge on any atom is -0.497 e. The van der Waals surface area contributed by atoms with Crippen molar-refractivity contribution in [1.29, 1.82) is 0 Å². The maximum Gasteiger partial charge on any atom is 0.338 e. The minimum atomic E-state index is -3.93. The van der Waals surface area contributed by atoms with Crippen LogP contribution in [0.15, 0.2) is 58.6 Å². The van der Waals surface area contributed by atoms with Gasteiger partial charge in [-0.1, -0.05) is 11.6 Å². The van der Waals surface area contributed by atoms with Crippen LogP contribution in [-0.2, 0) is 19.4 Å². The second kappa shape index (κ2) is 10.1. The van der Waals surface area contributed by atoms with Crippen molar-refractivity contribution in [3.8, 4) is 11.5 Å². The van der Waals surface area contributed by atoms with Crippen LogP contribution >= 0.6 is 11.6 Å². The van der Waals surface area contributed by atoms with E-state index in [0.29, 0.717) is 22.1 Å². The monoisotopic (exact) mass is 494 g/mol. The molecule has 2 aromatic rings. The first-order valence-corrected chi connectivity index (χ1v) is 11.9. The number of amides is 2. The number of sulfone groups is 1. The second-order valence-electron chi connectivity index (χ2n) is 6.97. The first-order valence-electron chi connectivity index (χ1n) is 9.88. The summed E-state index contributed by atoms with van der Waals surface area (Å²) in [6.07, 6.45) is 0. The average molecular weight is 495 g/mol. The summed E-state index contributed by atoms with van der Waals surface area (Å²) in [6.45, 7) is 1.68. The molecule has 0 saturated heterocycles. The molecule has 0 aliphatic carbocycles. The number of carbonyl (C=O) groups is 2. The molecule has 1 atom stereocenters. The fraction of sp³-hybridized carbons (Fsp3) is 0.273. The molecule has 2 aromatic carbocycles. The predicted octanol–water partition coefficient (Wildman–Crippen LogP) is 3.00. The van der Waals surface area contributed by atoms with E-state index in [0.717, 1.165) is 0 Å². The number of halogens is 1. The van der Waals surface area contributed by atoms with Gasteiger partial charge in [0.05, 0.1) is 43.1 Å². The van der Waals surface area contributed by atoms with Crippen molar-refractivity contribution in [3.63, 3.8) is 0 Å². The molecule has 1 unspecified atom stereocenters. The Morgan fingerprint density at radius 2 is 1.79 bits per heavy atom. The molecule has 11 heteroatoms. The molecular weight excluding hydrogens is 472 g/mol. The van der Waals surface area contributed by atoms with E-state index < -0.39 is 33.6 Å². The van der Waals surface area contributed by atoms with Crippen LogP contribution in [-0.4, -0.2) is 47.0 Å². The Morgan fingerprint density at radius 1 is 1.09 bits per heavy atom. The summed E-state index contributed by atoms with van der Waals surface area (Å²) in [7, 11) is -1.01. The number of ether oxygens (including phenoxy) is 3. The van der Waals surface area contributed by atoms with E-state index in [2.05, 4.69) is 10.6 Å². The summed E-state index contributed by atoms with van der Waals surface area (Å²) < 4.78 is 41.9. The van der Waals surface area contributed by atoms with Gasteiger partial charge in [-0.3, -0.25) is 0 Å². The highest BCUT2D eigenvalue weighted by molar-refractivity contribution is 7.91. The molecule has 0 spiro atoms. The summed E-state index contributed by atoms with van der Waals surface area (Å²) in [5.41, 5.74) is 0.296. The lowest BCUT2D eigenvalue weighted by atomic mass is 9.94. The van der Waals surface area contributed by atoms with Gasteiger partial charge in [-0.25, -0.2) is 18.0 Å². The summed E-state index contributed by atoms with van der Waals surface area (Å²) in [6, 6.07) is 8.77. The Bertz CT molecular complexity index is 1190. The topological polar surface area (TPSA) is 120 Å². The van der Waals surface area contributed by atoms with Crippen LogP contribution in [0.25, 0.3) is 0 Å². The molecule has 0 bridgehead atoms. The van der Waals surface area contributed by atoms with Gasteiger partial charge in [0.15, 0.2) is 9.84 Å². The van der Waals surface area contributed by atoms with E-state index in [1.54, 1.807) is 25.1 Å². The molecule has 0 fully saturated rings. The molecule has 33 heavy (non-hydrogen) atoms. The number of carbonyl (C=O) groups excluding carboxylic acids is 2. The molecule has 176 valence electrons. The standard InChI is InChI=1S/C22H23ClN2O7S/c1-4-32-21(26)19-17(12-33(28,29)15-8-5-13(23)6-9-15)24-22(27)25-20(19)16-10-7-14(30-2)11-18(16)31-3/h5-11,20H,4,12H2,1-3H3,(H2,24,25,27). The lowest BCUT2D eigenvalue weighted by Crippen LogP contribution is -2.47. The zero-order valence-corrected chi connectivity index (χ0v) is 19.7. The summed E-state index contributed by atoms with van der Waals surface area (Å²) in [5, 5.41) is 5.49. The number of rotatable bonds is 8. The van der Waals surface area contributed by atoms with Crippen LogP contribution in [0.1, 0.15) is 18.5 Å². The SMILES string of the molecule is CCOC(=O)C1=C(CS(=O)(=O)c2ccc(Cl)cc2)NC(=O)NC1c1ccc(OC)cc1OC. The number of esters is 1. The number of hydrogen-bond donors (Lipinski definition) is 2. The van der Waals surface area contributed by atoms with Crippen molar-refractivity contribution in [2.24, 2.45) is 0 Å². The smallest absolute Gasteiger partial charge is 0.338 e. The number of urea groups is 1. The molecule has 9 nitrogen and oxygen atoms in total. The lowest BCUT2D eigenvalue weighted by molar-refractivity contribution is -0.139. The van der Waals surface area contributed by atoms with Crippen molar-refractivity contribution < 1.29 is 32.2 Å². The normalized spacial score (nSPS) is 16.0. The molecule has 0 saturated carbocycles. The Hall–Kier alpha value is -3.24. The molecule has 0 aromatic heterocycles. The van der Waals surface area contributed by atoms with Gasteiger partial charge < -0.3 is 24.8 Å². The average Bonchev–Trinajstić information content (AvgIpc) is 2.78. The minimum absolute atomic E-state index is 0.00558. The van der Waals surface area contributed by atoms with Crippen molar-refractivity contribution in [1.82, 2.24) is 10.6 Å². The first kappa shape index (κ1) is 24.4. The molecule has 2 amide bonds. The van der Waals surface area contributed by atoms with E-state index in [4.69, 9.17) is 25.8 Å². The zero-order chi connectivity index (χ0) is 24.2. The Balaban J connectivity index is 2.14. The van der Waals surface area contributed by atoms with E-state index in [9.17, 15) is 18.0 Å². The number of benzene rings is 2. The van der Waals surface area contributed by atoms with E-state index >= 15 is 0 Å². The molecule has 3 rings (SSSR count). The molecular formula is C22H23ClN2O7S. The van der Waals surface area contributed by atoms with Gasteiger partial charge in [0.25, 0.3) is 0 Å². The highest BCUT2D eigenvalue weighted by Gasteiger charge is 2.37. The third-order valence-electron chi connectivity index (χ3n) is 4.91. The predicted molar refractivity (Wildman–Crippen MR) is 121 cm³/mol. The van der Waals surface area contributed by atoms with Gasteiger partial charge >= 0.3 is 12.0 Å². The highest BCUT2D eigenvalue weighted by atomic mass is 35.5. The third-order valence-corrected chi connectivity index (χ3v) is 6.82. The van der Waals surface area contributed by atoms with Crippen molar-refractivity contribution in [2.45, 2.75) is 17.9 Å². The van der Waals surface area contributed by atoms with E-state index in [-0.39, 0.29) is 22.8 Å². The molecule has 2 N–H and O–H groups in total. The van der Waals surface area contributed by atoms with Crippen LogP contribution in [0.3, 0.4) is 0 Å². The Labute approximate surface area is 196 Å². The van der Waals surface area contributed by atoms with E-state index in [1.165, 1.54) is 38.5 Å². The number of nitrogens with one attached hydrogen (secondary N) is 2. The molecule has 0 radical (unpaired) electrons. The molecule has 1 aliphatic rings. The number of hydrogen-bond acceptors (Lipinski definition) is 7. The fourth-order valence-corrected chi connectivity index (χ4v) is 4.84.